The van der Waals surface area contributed by atoms with Crippen LogP contribution >= 0.6 is 17.7 Å². The summed E-state index contributed by atoms with van der Waals surface area (Å²) in [6.45, 7) is 0. The Morgan fingerprint density at radius 3 is 1.00 bits per heavy atom. The zero-order valence-electron chi connectivity index (χ0n) is 5.02. The van der Waals surface area contributed by atoms with Crippen molar-refractivity contribution in [3.05, 3.63) is 0 Å². The standard InChI is InChI=1S/Cs.H3O4P.H2O4S.H3P.H/c;2*1-5(2,3)4;;/h;(H3,1,2,3,4);(H2,1,2,3,4);1H3;. The van der Waals surface area contributed by atoms with Crippen molar-refractivity contribution in [3.8, 4) is 0 Å². The van der Waals surface area contributed by atoms with Gasteiger partial charge < -0.3 is 14.7 Å². The van der Waals surface area contributed by atoms with Crippen molar-refractivity contribution < 1.29 is 36.8 Å². The molecule has 0 spiro atoms. The summed E-state index contributed by atoms with van der Waals surface area (Å²) in [7, 11) is -9.31. The van der Waals surface area contributed by atoms with Crippen molar-refractivity contribution in [2.45, 2.75) is 0 Å². The zero-order chi connectivity index (χ0) is 9.00. The molecule has 0 fully saturated rings. The van der Waals surface area contributed by atoms with Gasteiger partial charge in [0.25, 0.3) is 0 Å². The van der Waals surface area contributed by atoms with Gasteiger partial charge in [0.15, 0.2) is 0 Å². The fourth-order valence-corrected chi connectivity index (χ4v) is 0. The Labute approximate surface area is 131 Å². The topological polar surface area (TPSA) is 152 Å². The van der Waals surface area contributed by atoms with Crippen molar-refractivity contribution in [2.24, 2.45) is 0 Å². The molecule has 74 valence electrons. The Hall–Kier alpha value is 2.46. The van der Waals surface area contributed by atoms with E-state index in [4.69, 9.17) is 36.8 Å². The number of phosphoric acid groups is 1. The molecule has 0 radical (unpaired) electrons. The van der Waals surface area contributed by atoms with Crippen LogP contribution in [0.2, 0.25) is 0 Å². The second kappa shape index (κ2) is 10.00. The molecule has 0 aromatic heterocycles. The minimum absolute atomic E-state index is 0. The predicted molar refractivity (Wildman–Crippen MR) is 46.7 cm³/mol. The third-order valence-corrected chi connectivity index (χ3v) is 0. The summed E-state index contributed by atoms with van der Waals surface area (Å²) in [5.74, 6) is 0. The van der Waals surface area contributed by atoms with Gasteiger partial charge in [-0.25, -0.2) is 4.57 Å². The molecule has 0 aromatic rings. The molecule has 0 aromatic carbocycles. The Morgan fingerprint density at radius 2 is 1.00 bits per heavy atom. The molecule has 0 aliphatic rings. The van der Waals surface area contributed by atoms with Gasteiger partial charge in [-0.2, -0.15) is 18.3 Å². The fourth-order valence-electron chi connectivity index (χ4n) is 0. The average molecular weight is 364 g/mol. The van der Waals surface area contributed by atoms with Crippen LogP contribution in [0.25, 0.3) is 0 Å². The summed E-state index contributed by atoms with van der Waals surface area (Å²) in [4.78, 5) is 21.6. The first-order valence-electron chi connectivity index (χ1n) is 1.48. The monoisotopic (exact) mass is 364 g/mol. The second-order valence-electron chi connectivity index (χ2n) is 0.961. The van der Waals surface area contributed by atoms with Gasteiger partial charge in [-0.1, -0.05) is 0 Å². The van der Waals surface area contributed by atoms with Gasteiger partial charge in [0.1, 0.15) is 0 Å². The van der Waals surface area contributed by atoms with Crippen LogP contribution in [0.1, 0.15) is 0 Å². The van der Waals surface area contributed by atoms with Crippen molar-refractivity contribution in [2.75, 3.05) is 0 Å². The summed E-state index contributed by atoms with van der Waals surface area (Å²) in [6, 6.07) is 0. The van der Waals surface area contributed by atoms with Gasteiger partial charge in [-0.3, -0.25) is 9.11 Å². The SMILES string of the molecule is O=P(O)(O)O.O=S(=O)(O)O.P.[CsH]. The van der Waals surface area contributed by atoms with E-state index in [0.717, 1.165) is 0 Å². The molecular formula is H9CsO8P2S. The molecule has 0 saturated carbocycles. The van der Waals surface area contributed by atoms with Crippen LogP contribution in [0.3, 0.4) is 0 Å². The summed E-state index contributed by atoms with van der Waals surface area (Å²) < 4.78 is 40.5. The van der Waals surface area contributed by atoms with Crippen LogP contribution in [-0.4, -0.2) is 101 Å². The zero-order valence-corrected chi connectivity index (χ0v) is 8.15. The van der Waals surface area contributed by atoms with Crippen molar-refractivity contribution in [1.29, 1.82) is 0 Å². The summed E-state index contributed by atoms with van der Waals surface area (Å²) in [5, 5.41) is 0. The van der Waals surface area contributed by atoms with E-state index in [0.29, 0.717) is 0 Å². The van der Waals surface area contributed by atoms with Crippen LogP contribution in [-0.2, 0) is 15.0 Å². The van der Waals surface area contributed by atoms with Crippen LogP contribution in [0.5, 0.6) is 0 Å². The van der Waals surface area contributed by atoms with E-state index >= 15 is 0 Å². The molecule has 8 nitrogen and oxygen atoms in total. The first kappa shape index (κ1) is 23.9. The first-order valence-corrected chi connectivity index (χ1v) is 4.44. The van der Waals surface area contributed by atoms with Crippen molar-refractivity contribution in [1.82, 2.24) is 0 Å². The average Bonchev–Trinajstić information content (AvgIpc) is 1.12. The van der Waals surface area contributed by atoms with E-state index in [2.05, 4.69) is 0 Å². The Bertz CT molecular complexity index is 195. The molecule has 0 heterocycles. The molecule has 0 bridgehead atoms. The Morgan fingerprint density at radius 1 is 1.00 bits per heavy atom. The van der Waals surface area contributed by atoms with Gasteiger partial charge in [-0.15, -0.1) is 0 Å². The maximum atomic E-state index is 8.88. The fraction of sp³-hybridized carbons (Fsp3) is 0. The van der Waals surface area contributed by atoms with Crippen LogP contribution < -0.4 is 0 Å². The van der Waals surface area contributed by atoms with Crippen molar-refractivity contribution in [3.63, 3.8) is 0 Å². The summed E-state index contributed by atoms with van der Waals surface area (Å²) >= 11 is 0. The van der Waals surface area contributed by atoms with E-state index in [9.17, 15) is 0 Å². The van der Waals surface area contributed by atoms with E-state index in [-0.39, 0.29) is 78.8 Å². The van der Waals surface area contributed by atoms with Crippen LogP contribution in [0.4, 0.5) is 0 Å². The van der Waals surface area contributed by atoms with Gasteiger partial charge in [0, 0.05) is 0 Å². The van der Waals surface area contributed by atoms with E-state index in [1.54, 1.807) is 0 Å². The molecule has 0 aliphatic heterocycles. The normalized spacial score (nSPS) is 9.75. The maximum absolute atomic E-state index is 8.88. The van der Waals surface area contributed by atoms with Gasteiger partial charge in [0.2, 0.25) is 0 Å². The van der Waals surface area contributed by atoms with Crippen LogP contribution in [0.15, 0.2) is 0 Å². The molecule has 12 heavy (non-hydrogen) atoms. The van der Waals surface area contributed by atoms with Crippen LogP contribution in [0, 0.1) is 0 Å². The molecule has 5 N–H and O–H groups in total. The summed E-state index contributed by atoms with van der Waals surface area (Å²) in [5.41, 5.74) is 0. The first-order chi connectivity index (χ1) is 4.00. The molecular weight excluding hydrogens is 355 g/mol. The number of rotatable bonds is 0. The summed E-state index contributed by atoms with van der Waals surface area (Å²) in [6.07, 6.45) is 0. The van der Waals surface area contributed by atoms with Crippen molar-refractivity contribution >= 4 is 97.0 Å². The van der Waals surface area contributed by atoms with E-state index < -0.39 is 18.2 Å². The molecule has 0 aliphatic carbocycles. The van der Waals surface area contributed by atoms with Gasteiger partial charge in [0.05, 0.1) is 0 Å². The number of hydrogen-bond acceptors (Lipinski definition) is 3. The number of hydrogen-bond donors (Lipinski definition) is 5. The van der Waals surface area contributed by atoms with Gasteiger partial charge in [-0.05, 0) is 0 Å². The van der Waals surface area contributed by atoms with E-state index in [1.165, 1.54) is 0 Å². The third-order valence-electron chi connectivity index (χ3n) is 0. The minimum atomic E-state index is -4.67. The third kappa shape index (κ3) is 270. The Balaban J connectivity index is -0.0000000457. The quantitative estimate of drug-likeness (QED) is 0.241. The second-order valence-corrected chi connectivity index (χ2v) is 2.88. The Kier molecular flexibility index (Phi) is 19.9. The molecule has 0 saturated heterocycles. The van der Waals surface area contributed by atoms with E-state index in [1.807, 2.05) is 0 Å². The molecule has 0 rings (SSSR count). The molecule has 0 amide bonds. The van der Waals surface area contributed by atoms with Gasteiger partial charge >= 0.3 is 87.1 Å². The molecule has 1 atom stereocenters. The molecule has 1 unspecified atom stereocenters. The predicted octanol–water partition coefficient (Wildman–Crippen LogP) is -2.17. The molecule has 12 heteroatoms.